The van der Waals surface area contributed by atoms with Crippen LogP contribution in [0.2, 0.25) is 0 Å². The normalized spacial score (nSPS) is 15.7. The minimum absolute atomic E-state index is 0.0347. The molecule has 0 aliphatic heterocycles. The lowest BCUT2D eigenvalue weighted by Crippen LogP contribution is -2.20. The van der Waals surface area contributed by atoms with Crippen molar-refractivity contribution in [1.29, 1.82) is 0 Å². The fourth-order valence-corrected chi connectivity index (χ4v) is 5.06. The molecule has 0 radical (unpaired) electrons. The number of nitrogens with one attached hydrogen (secondary N) is 1. The van der Waals surface area contributed by atoms with Crippen LogP contribution in [0, 0.1) is 5.82 Å². The van der Waals surface area contributed by atoms with Crippen molar-refractivity contribution in [2.75, 3.05) is 5.73 Å². The van der Waals surface area contributed by atoms with Gasteiger partial charge in [-0.25, -0.2) is 14.4 Å². The van der Waals surface area contributed by atoms with Crippen molar-refractivity contribution in [2.45, 2.75) is 44.1 Å². The Morgan fingerprint density at radius 1 is 1.08 bits per heavy atom. The van der Waals surface area contributed by atoms with Crippen molar-refractivity contribution < 1.29 is 9.50 Å². The van der Waals surface area contributed by atoms with Crippen LogP contribution in [0.1, 0.15) is 54.5 Å². The summed E-state index contributed by atoms with van der Waals surface area (Å²) in [6.07, 6.45) is 5.87. The zero-order valence-corrected chi connectivity index (χ0v) is 19.3. The Hall–Kier alpha value is -4.11. The van der Waals surface area contributed by atoms with Crippen LogP contribution in [0.5, 0.6) is 0 Å². The van der Waals surface area contributed by atoms with Gasteiger partial charge in [-0.1, -0.05) is 18.2 Å². The topological polar surface area (TPSA) is 123 Å². The molecule has 5 aromatic rings. The van der Waals surface area contributed by atoms with E-state index < -0.39 is 11.4 Å². The number of fused-ring (bicyclic) bond motifs is 2. The van der Waals surface area contributed by atoms with E-state index in [1.54, 1.807) is 24.4 Å². The number of hydrogen-bond acceptors (Lipinski definition) is 6. The van der Waals surface area contributed by atoms with Crippen molar-refractivity contribution >= 4 is 27.9 Å². The first-order valence-electron chi connectivity index (χ1n) is 12.1. The maximum atomic E-state index is 15.1. The first-order chi connectivity index (χ1) is 17.5. The van der Waals surface area contributed by atoms with Crippen molar-refractivity contribution in [1.82, 2.24) is 24.5 Å². The molecular weight excluding hydrogens is 459 g/mol. The molecule has 0 atom stereocenters. The predicted octanol–water partition coefficient (Wildman–Crippen LogP) is 4.29. The second-order valence-electron chi connectivity index (χ2n) is 9.72. The molecule has 0 saturated heterocycles. The van der Waals surface area contributed by atoms with Crippen LogP contribution in [-0.2, 0) is 6.61 Å². The van der Waals surface area contributed by atoms with E-state index in [1.807, 2.05) is 12.1 Å². The smallest absolute Gasteiger partial charge is 0.265 e. The number of H-pyrrole nitrogens is 1. The summed E-state index contributed by atoms with van der Waals surface area (Å²) >= 11 is 0. The summed E-state index contributed by atoms with van der Waals surface area (Å²) in [5.41, 5.74) is 9.56. The molecule has 9 heteroatoms. The summed E-state index contributed by atoms with van der Waals surface area (Å²) in [4.78, 5) is 30.2. The Morgan fingerprint density at radius 2 is 1.89 bits per heavy atom. The number of hydrogen-bond donors (Lipinski definition) is 3. The number of aromatic amines is 1. The van der Waals surface area contributed by atoms with Gasteiger partial charge in [0.2, 0.25) is 5.95 Å². The molecule has 2 saturated carbocycles. The maximum absolute atomic E-state index is 15.1. The van der Waals surface area contributed by atoms with Crippen LogP contribution in [0.4, 0.5) is 10.3 Å². The monoisotopic (exact) mass is 482 g/mol. The summed E-state index contributed by atoms with van der Waals surface area (Å²) in [5.74, 6) is 1.15. The number of aliphatic hydroxyl groups is 1. The first kappa shape index (κ1) is 21.2. The number of halogens is 1. The van der Waals surface area contributed by atoms with E-state index in [0.717, 1.165) is 37.1 Å². The standard InChI is InChI=1S/C27H23FN6O2/c28-19-11-16(13-4-5-13)10-15-8-9-34(26(36)21(15)19)20-3-1-2-17(18(20)12-35)22-23-25(33-27(29)31-22)32-24(30-23)14-6-7-14/h1-3,8-11,13-14,35H,4-7,12H2,(H3,29,30,31,32,33). The van der Waals surface area contributed by atoms with Gasteiger partial charge in [-0.15, -0.1) is 0 Å². The minimum atomic E-state index is -0.522. The van der Waals surface area contributed by atoms with Gasteiger partial charge in [-0.3, -0.25) is 9.36 Å². The van der Waals surface area contributed by atoms with Crippen molar-refractivity contribution in [3.8, 4) is 16.9 Å². The third kappa shape index (κ3) is 3.30. The van der Waals surface area contributed by atoms with Gasteiger partial charge in [0.05, 0.1) is 17.7 Å². The second-order valence-corrected chi connectivity index (χ2v) is 9.72. The molecule has 2 aliphatic rings. The van der Waals surface area contributed by atoms with E-state index in [-0.39, 0.29) is 17.9 Å². The number of anilines is 1. The van der Waals surface area contributed by atoms with E-state index in [4.69, 9.17) is 5.73 Å². The SMILES string of the molecule is Nc1nc(-c2cccc(-n3ccc4cc(C5CC5)cc(F)c4c3=O)c2CO)c2[nH]c(C3CC3)nc2n1. The van der Waals surface area contributed by atoms with E-state index >= 15 is 4.39 Å². The molecule has 36 heavy (non-hydrogen) atoms. The van der Waals surface area contributed by atoms with Crippen LogP contribution >= 0.6 is 0 Å². The maximum Gasteiger partial charge on any atom is 0.265 e. The van der Waals surface area contributed by atoms with Crippen molar-refractivity contribution in [2.24, 2.45) is 0 Å². The zero-order chi connectivity index (χ0) is 24.6. The molecule has 2 aliphatic carbocycles. The van der Waals surface area contributed by atoms with E-state index in [9.17, 15) is 9.90 Å². The molecule has 8 nitrogen and oxygen atoms in total. The van der Waals surface area contributed by atoms with Gasteiger partial charge in [-0.05, 0) is 60.7 Å². The number of pyridine rings is 1. The summed E-state index contributed by atoms with van der Waals surface area (Å²) in [5, 5.41) is 11.1. The highest BCUT2D eigenvalue weighted by atomic mass is 19.1. The summed E-state index contributed by atoms with van der Waals surface area (Å²) in [6.45, 7) is -0.367. The minimum Gasteiger partial charge on any atom is -0.392 e. The average molecular weight is 483 g/mol. The number of nitrogen functional groups attached to an aromatic ring is 1. The number of rotatable bonds is 5. The van der Waals surface area contributed by atoms with E-state index in [0.29, 0.717) is 50.9 Å². The molecule has 0 unspecified atom stereocenters. The van der Waals surface area contributed by atoms with E-state index in [2.05, 4.69) is 19.9 Å². The van der Waals surface area contributed by atoms with Crippen LogP contribution in [0.15, 0.2) is 47.4 Å². The average Bonchev–Trinajstić information content (AvgIpc) is 3.80. The summed E-state index contributed by atoms with van der Waals surface area (Å²) in [7, 11) is 0. The lowest BCUT2D eigenvalue weighted by atomic mass is 10.0. The fourth-order valence-electron chi connectivity index (χ4n) is 5.06. The van der Waals surface area contributed by atoms with Gasteiger partial charge in [0.1, 0.15) is 22.9 Å². The molecule has 4 N–H and O–H groups in total. The number of aromatic nitrogens is 5. The summed E-state index contributed by atoms with van der Waals surface area (Å²) < 4.78 is 16.5. The highest BCUT2D eigenvalue weighted by Crippen LogP contribution is 2.42. The number of nitrogens with zero attached hydrogens (tertiary/aromatic N) is 4. The Balaban J connectivity index is 1.43. The van der Waals surface area contributed by atoms with Crippen LogP contribution < -0.4 is 11.3 Å². The number of aliphatic hydroxyl groups excluding tert-OH is 1. The van der Waals surface area contributed by atoms with Gasteiger partial charge in [-0.2, -0.15) is 4.98 Å². The third-order valence-corrected chi connectivity index (χ3v) is 7.20. The van der Waals surface area contributed by atoms with Crippen molar-refractivity contribution in [3.63, 3.8) is 0 Å². The van der Waals surface area contributed by atoms with E-state index in [1.165, 1.54) is 10.6 Å². The molecular formula is C27H23FN6O2. The van der Waals surface area contributed by atoms with Gasteiger partial charge < -0.3 is 15.8 Å². The van der Waals surface area contributed by atoms with Crippen LogP contribution in [0.3, 0.4) is 0 Å². The predicted molar refractivity (Wildman–Crippen MR) is 134 cm³/mol. The van der Waals surface area contributed by atoms with Gasteiger partial charge in [0, 0.05) is 23.2 Å². The molecule has 2 fully saturated rings. The van der Waals surface area contributed by atoms with Crippen LogP contribution in [0.25, 0.3) is 38.9 Å². The van der Waals surface area contributed by atoms with Crippen molar-refractivity contribution in [3.05, 3.63) is 75.7 Å². The second kappa shape index (κ2) is 7.69. The molecule has 180 valence electrons. The third-order valence-electron chi connectivity index (χ3n) is 7.20. The lowest BCUT2D eigenvalue weighted by molar-refractivity contribution is 0.282. The quantitative estimate of drug-likeness (QED) is 0.343. The molecule has 2 aromatic carbocycles. The number of imidazole rings is 1. The lowest BCUT2D eigenvalue weighted by Gasteiger charge is -2.16. The van der Waals surface area contributed by atoms with Crippen LogP contribution in [-0.4, -0.2) is 29.6 Å². The van der Waals surface area contributed by atoms with Gasteiger partial charge >= 0.3 is 0 Å². The molecule has 3 heterocycles. The summed E-state index contributed by atoms with van der Waals surface area (Å²) in [6, 6.07) is 10.4. The molecule has 7 rings (SSSR count). The Bertz CT molecular complexity index is 1750. The fraction of sp³-hybridized carbons (Fsp3) is 0.259. The molecule has 3 aromatic heterocycles. The molecule has 0 bridgehead atoms. The Kier molecular flexibility index (Phi) is 4.53. The Morgan fingerprint density at radius 3 is 2.64 bits per heavy atom. The zero-order valence-electron chi connectivity index (χ0n) is 19.3. The highest BCUT2D eigenvalue weighted by Gasteiger charge is 2.29. The number of nitrogens with two attached hydrogens (primary N) is 1. The van der Waals surface area contributed by atoms with Gasteiger partial charge in [0.15, 0.2) is 5.65 Å². The number of benzene rings is 2. The van der Waals surface area contributed by atoms with Gasteiger partial charge in [0.25, 0.3) is 5.56 Å². The molecule has 0 spiro atoms. The molecule has 0 amide bonds. The largest absolute Gasteiger partial charge is 0.392 e. The first-order valence-corrected chi connectivity index (χ1v) is 12.1. The Labute approximate surface area is 204 Å². The highest BCUT2D eigenvalue weighted by molar-refractivity contribution is 5.90.